The van der Waals surface area contributed by atoms with Crippen molar-refractivity contribution < 1.29 is 60.9 Å². The van der Waals surface area contributed by atoms with Gasteiger partial charge in [0.05, 0.1) is 0 Å². The zero-order chi connectivity index (χ0) is 18.6. The molecule has 21 heavy (non-hydrogen) atoms. The molecule has 0 spiro atoms. The van der Waals surface area contributed by atoms with Gasteiger partial charge in [0.25, 0.3) is 0 Å². The molecule has 0 aromatic rings. The zero-order valence-corrected chi connectivity index (χ0v) is 13.4. The molecular formula is C10H10BF4O5Re-. The summed E-state index contributed by atoms with van der Waals surface area (Å²) in [7, 11) is -6.00. The van der Waals surface area contributed by atoms with Gasteiger partial charge in [-0.3, -0.25) is 0 Å². The first-order valence-electron chi connectivity index (χ1n) is 3.92. The van der Waals surface area contributed by atoms with Gasteiger partial charge < -0.3 is 17.3 Å². The average Bonchev–Trinajstić information content (AvgIpc) is 2.49. The predicted octanol–water partition coefficient (Wildman–Crippen LogP) is 3.08. The molecule has 0 heterocycles. The molecule has 0 bridgehead atoms. The molecule has 5 nitrogen and oxygen atoms in total. The average molecular weight is 483 g/mol. The Bertz CT molecular complexity index is 208. The van der Waals surface area contributed by atoms with E-state index in [-0.39, 0.29) is 20.4 Å². The van der Waals surface area contributed by atoms with Gasteiger partial charge in [-0.2, -0.15) is 0 Å². The molecule has 0 aliphatic heterocycles. The maximum atomic E-state index is 9.75. The van der Waals surface area contributed by atoms with Crippen LogP contribution in [0.1, 0.15) is 19.8 Å². The van der Waals surface area contributed by atoms with E-state index in [2.05, 4.69) is 46.8 Å². The fourth-order valence-electron chi connectivity index (χ4n) is 0.204. The Kier molecular flexibility index (Phi) is 232. The summed E-state index contributed by atoms with van der Waals surface area (Å²) < 4.78 is 76.5. The van der Waals surface area contributed by atoms with Gasteiger partial charge in [0.1, 0.15) is 0 Å². The fraction of sp³-hybridized carbons (Fsp3) is 0.300. The van der Waals surface area contributed by atoms with Gasteiger partial charge in [0.15, 0.2) is 0 Å². The third kappa shape index (κ3) is 6840. The van der Waals surface area contributed by atoms with Crippen LogP contribution in [0.3, 0.4) is 0 Å². The minimum atomic E-state index is -6.00. The SMILES string of the molecule is C=CCCC.F[B-](F)(F)F.[C-]#[O+].[C-]#[O+].[C-]#[O+].[C-]#[O+].[C-]#[O+].[Re]. The molecule has 119 valence electrons. The van der Waals surface area contributed by atoms with Crippen LogP contribution in [-0.2, 0) is 43.7 Å². The topological polar surface area (TPSA) is 99.5 Å². The molecule has 0 aliphatic rings. The van der Waals surface area contributed by atoms with Crippen molar-refractivity contribution in [2.24, 2.45) is 0 Å². The summed E-state index contributed by atoms with van der Waals surface area (Å²) in [5, 5.41) is 0. The molecule has 0 saturated heterocycles. The molecule has 0 fully saturated rings. The first kappa shape index (κ1) is 50.2. The number of halogens is 4. The van der Waals surface area contributed by atoms with E-state index in [1.807, 2.05) is 6.08 Å². The monoisotopic (exact) mass is 484 g/mol. The first-order chi connectivity index (χ1) is 9.41. The van der Waals surface area contributed by atoms with Crippen LogP contribution >= 0.6 is 0 Å². The van der Waals surface area contributed by atoms with E-state index in [1.165, 1.54) is 6.42 Å². The van der Waals surface area contributed by atoms with E-state index >= 15 is 0 Å². The minimum Gasteiger partial charge on any atom is 0 e. The van der Waals surface area contributed by atoms with E-state index in [1.54, 1.807) is 0 Å². The maximum absolute atomic E-state index is 9.75. The van der Waals surface area contributed by atoms with Gasteiger partial charge in [0, 0.05) is 20.4 Å². The largest absolute Gasteiger partial charge is 0 e. The van der Waals surface area contributed by atoms with Gasteiger partial charge in [-0.15, -0.1) is 6.58 Å². The third-order valence-electron chi connectivity index (χ3n) is 0.493. The minimum absolute atomic E-state index is 0. The normalized spacial score (nSPS) is 5.10. The van der Waals surface area contributed by atoms with Gasteiger partial charge in [0.2, 0.25) is 0 Å². The van der Waals surface area contributed by atoms with Gasteiger partial charge >= 0.3 is 63.8 Å². The Morgan fingerprint density at radius 2 is 0.952 bits per heavy atom. The zero-order valence-electron chi connectivity index (χ0n) is 10.7. The molecule has 0 aromatic heterocycles. The molecule has 1 radical (unpaired) electrons. The maximum Gasteiger partial charge on any atom is 0 e. The second-order valence-electron chi connectivity index (χ2n) is 1.57. The molecule has 0 aromatic carbocycles. The summed E-state index contributed by atoms with van der Waals surface area (Å²) in [4.78, 5) is 0. The van der Waals surface area contributed by atoms with E-state index in [9.17, 15) is 17.3 Å². The fourth-order valence-corrected chi connectivity index (χ4v) is 0.204. The molecule has 0 amide bonds. The second kappa shape index (κ2) is 97.1. The van der Waals surface area contributed by atoms with E-state index in [4.69, 9.17) is 23.3 Å². The van der Waals surface area contributed by atoms with E-state index in [0.717, 1.165) is 6.42 Å². The second-order valence-corrected chi connectivity index (χ2v) is 1.57. The number of allylic oxidation sites excluding steroid dienone is 1. The van der Waals surface area contributed by atoms with Crippen LogP contribution in [0.2, 0.25) is 0 Å². The smallest absolute Gasteiger partial charge is 0 e. The van der Waals surface area contributed by atoms with Crippen molar-refractivity contribution in [3.05, 3.63) is 45.9 Å². The quantitative estimate of drug-likeness (QED) is 0.190. The summed E-state index contributed by atoms with van der Waals surface area (Å²) in [5.74, 6) is 0. The molecule has 0 aliphatic carbocycles. The van der Waals surface area contributed by atoms with Crippen LogP contribution in [0.25, 0.3) is 0 Å². The van der Waals surface area contributed by atoms with Crippen LogP contribution in [0.15, 0.2) is 12.7 Å². The van der Waals surface area contributed by atoms with Crippen molar-refractivity contribution in [2.75, 3.05) is 0 Å². The van der Waals surface area contributed by atoms with Crippen molar-refractivity contribution in [3.63, 3.8) is 0 Å². The molecule has 11 heteroatoms. The van der Waals surface area contributed by atoms with Crippen LogP contribution in [0.5, 0.6) is 0 Å². The standard InChI is InChI=1S/C5H10.5CO.BF4.Re/c1-3-5-4-2;5*1-2;2-1(3,4)5;/h3H,1,4-5H2,2H3;;;;;;;/q;;;;;;-1;. The molecule has 0 saturated carbocycles. The summed E-state index contributed by atoms with van der Waals surface area (Å²) in [6, 6.07) is 0. The van der Waals surface area contributed by atoms with Crippen LogP contribution in [0.4, 0.5) is 17.3 Å². The molecule has 0 unspecified atom stereocenters. The Hall–Kier alpha value is -1.11. The van der Waals surface area contributed by atoms with Crippen LogP contribution in [0, 0.1) is 33.3 Å². The van der Waals surface area contributed by atoms with E-state index in [0.29, 0.717) is 0 Å². The van der Waals surface area contributed by atoms with Crippen molar-refractivity contribution in [1.82, 2.24) is 0 Å². The summed E-state index contributed by atoms with van der Waals surface area (Å²) >= 11 is 0. The third-order valence-corrected chi connectivity index (χ3v) is 0.493. The Morgan fingerprint density at radius 1 is 0.810 bits per heavy atom. The van der Waals surface area contributed by atoms with Gasteiger partial charge in [-0.1, -0.05) is 19.4 Å². The predicted molar refractivity (Wildman–Crippen MR) is 54.9 cm³/mol. The number of rotatable bonds is 2. The van der Waals surface area contributed by atoms with Crippen molar-refractivity contribution in [2.45, 2.75) is 19.8 Å². The molecule has 0 rings (SSSR count). The van der Waals surface area contributed by atoms with Gasteiger partial charge in [-0.05, 0) is 6.42 Å². The summed E-state index contributed by atoms with van der Waals surface area (Å²) in [6.07, 6.45) is 4.31. The summed E-state index contributed by atoms with van der Waals surface area (Å²) in [6.45, 7) is 28.2. The Balaban J connectivity index is -0.0000000165. The Morgan fingerprint density at radius 3 is 0.952 bits per heavy atom. The number of unbranched alkanes of at least 4 members (excludes halogenated alkanes) is 1. The summed E-state index contributed by atoms with van der Waals surface area (Å²) in [5.41, 5.74) is 0. The molecule has 0 atom stereocenters. The van der Waals surface area contributed by atoms with Crippen LogP contribution in [-0.4, -0.2) is 7.25 Å². The molecule has 0 N–H and O–H groups in total. The van der Waals surface area contributed by atoms with Crippen molar-refractivity contribution in [1.29, 1.82) is 0 Å². The van der Waals surface area contributed by atoms with Crippen molar-refractivity contribution >= 4 is 7.25 Å². The molecular weight excluding hydrogens is 473 g/mol. The van der Waals surface area contributed by atoms with Crippen molar-refractivity contribution in [3.8, 4) is 0 Å². The van der Waals surface area contributed by atoms with E-state index < -0.39 is 7.25 Å². The van der Waals surface area contributed by atoms with Crippen LogP contribution < -0.4 is 0 Å². The van der Waals surface area contributed by atoms with Gasteiger partial charge in [-0.25, -0.2) is 0 Å². The Labute approximate surface area is 134 Å². The number of hydrogen-bond donors (Lipinski definition) is 0. The number of hydrogen-bond acceptors (Lipinski definition) is 0. The first-order valence-corrected chi connectivity index (χ1v) is 3.92.